The standard InChI is InChI=1S/C18H15N3O2S/c1-11-15(17(22)21-12-6-3-2-4-7-12)16(14-8-5-9-23-14)13(10-19)18(24)20-11/h2-9,16,20,24H,1H3,(H,21,22)/t16-/m1/s1. The maximum atomic E-state index is 12.8. The lowest BCUT2D eigenvalue weighted by atomic mass is 9.85. The smallest absolute Gasteiger partial charge is 0.254 e. The average molecular weight is 337 g/mol. The van der Waals surface area contributed by atoms with Crippen LogP contribution in [0, 0.1) is 11.3 Å². The molecule has 2 heterocycles. The fourth-order valence-corrected chi connectivity index (χ4v) is 3.04. The second-order valence-electron chi connectivity index (χ2n) is 5.31. The van der Waals surface area contributed by atoms with E-state index in [9.17, 15) is 10.1 Å². The van der Waals surface area contributed by atoms with Crippen molar-refractivity contribution in [2.45, 2.75) is 12.8 Å². The molecule has 24 heavy (non-hydrogen) atoms. The Labute approximate surface area is 145 Å². The third-order valence-corrected chi connectivity index (χ3v) is 4.12. The molecule has 6 heteroatoms. The molecule has 0 radical (unpaired) electrons. The highest BCUT2D eigenvalue weighted by Gasteiger charge is 2.35. The van der Waals surface area contributed by atoms with Crippen LogP contribution in [0.25, 0.3) is 0 Å². The van der Waals surface area contributed by atoms with Gasteiger partial charge < -0.3 is 15.1 Å². The number of furan rings is 1. The number of thiol groups is 1. The van der Waals surface area contributed by atoms with Crippen molar-refractivity contribution in [3.8, 4) is 6.07 Å². The summed E-state index contributed by atoms with van der Waals surface area (Å²) in [5, 5.41) is 15.8. The van der Waals surface area contributed by atoms with Crippen molar-refractivity contribution >= 4 is 24.2 Å². The van der Waals surface area contributed by atoms with Gasteiger partial charge in [0.2, 0.25) is 0 Å². The van der Waals surface area contributed by atoms with Crippen molar-refractivity contribution in [2.75, 3.05) is 5.32 Å². The van der Waals surface area contributed by atoms with Gasteiger partial charge in [-0.15, -0.1) is 12.6 Å². The molecule has 0 spiro atoms. The Balaban J connectivity index is 2.02. The minimum atomic E-state index is -0.595. The van der Waals surface area contributed by atoms with E-state index in [-0.39, 0.29) is 5.91 Å². The van der Waals surface area contributed by atoms with Crippen molar-refractivity contribution < 1.29 is 9.21 Å². The number of allylic oxidation sites excluding steroid dienone is 2. The average Bonchev–Trinajstić information content (AvgIpc) is 3.09. The number of dihydropyridines is 1. The molecule has 1 atom stereocenters. The molecular weight excluding hydrogens is 322 g/mol. The van der Waals surface area contributed by atoms with Gasteiger partial charge in [0, 0.05) is 11.4 Å². The van der Waals surface area contributed by atoms with Gasteiger partial charge in [-0.1, -0.05) is 18.2 Å². The predicted molar refractivity (Wildman–Crippen MR) is 94.0 cm³/mol. The maximum absolute atomic E-state index is 12.8. The van der Waals surface area contributed by atoms with E-state index in [0.717, 1.165) is 0 Å². The fourth-order valence-electron chi connectivity index (χ4n) is 2.69. The monoisotopic (exact) mass is 337 g/mol. The molecule has 1 aliphatic heterocycles. The van der Waals surface area contributed by atoms with E-state index in [2.05, 4.69) is 29.3 Å². The Hall–Kier alpha value is -2.91. The van der Waals surface area contributed by atoms with Gasteiger partial charge in [-0.05, 0) is 31.2 Å². The molecule has 1 aliphatic rings. The van der Waals surface area contributed by atoms with E-state index in [4.69, 9.17) is 4.42 Å². The Bertz CT molecular complexity index is 861. The lowest BCUT2D eigenvalue weighted by molar-refractivity contribution is -0.113. The first-order valence-electron chi connectivity index (χ1n) is 7.32. The van der Waals surface area contributed by atoms with Crippen LogP contribution in [-0.2, 0) is 4.79 Å². The van der Waals surface area contributed by atoms with Crippen LogP contribution < -0.4 is 10.6 Å². The molecule has 1 aromatic heterocycles. The van der Waals surface area contributed by atoms with Crippen LogP contribution in [0.3, 0.4) is 0 Å². The summed E-state index contributed by atoms with van der Waals surface area (Å²) in [6.45, 7) is 1.78. The molecular formula is C18H15N3O2S. The topological polar surface area (TPSA) is 78.1 Å². The summed E-state index contributed by atoms with van der Waals surface area (Å²) in [5.74, 6) is -0.360. The van der Waals surface area contributed by atoms with Gasteiger partial charge in [-0.3, -0.25) is 4.79 Å². The van der Waals surface area contributed by atoms with E-state index < -0.39 is 5.92 Å². The van der Waals surface area contributed by atoms with Gasteiger partial charge in [0.1, 0.15) is 5.76 Å². The van der Waals surface area contributed by atoms with E-state index in [1.165, 1.54) is 6.26 Å². The summed E-state index contributed by atoms with van der Waals surface area (Å²) in [5.41, 5.74) is 2.09. The van der Waals surface area contributed by atoms with Gasteiger partial charge in [-0.2, -0.15) is 5.26 Å². The molecule has 1 amide bonds. The lowest BCUT2D eigenvalue weighted by Crippen LogP contribution is -2.30. The number of anilines is 1. The summed E-state index contributed by atoms with van der Waals surface area (Å²) in [6.07, 6.45) is 1.52. The molecule has 0 saturated heterocycles. The van der Waals surface area contributed by atoms with Crippen LogP contribution in [0.15, 0.2) is 75.0 Å². The van der Waals surface area contributed by atoms with E-state index in [0.29, 0.717) is 33.3 Å². The number of benzene rings is 1. The fraction of sp³-hybridized carbons (Fsp3) is 0.111. The molecule has 0 bridgehead atoms. The Morgan fingerprint density at radius 3 is 2.67 bits per heavy atom. The molecule has 0 saturated carbocycles. The first-order chi connectivity index (χ1) is 11.6. The van der Waals surface area contributed by atoms with Gasteiger partial charge in [0.05, 0.1) is 34.4 Å². The van der Waals surface area contributed by atoms with Crippen LogP contribution in [0.4, 0.5) is 5.69 Å². The largest absolute Gasteiger partial charge is 0.468 e. The van der Waals surface area contributed by atoms with Crippen LogP contribution in [0.5, 0.6) is 0 Å². The van der Waals surface area contributed by atoms with E-state index >= 15 is 0 Å². The number of amides is 1. The first-order valence-corrected chi connectivity index (χ1v) is 7.77. The van der Waals surface area contributed by atoms with Crippen molar-refractivity contribution in [1.29, 1.82) is 5.26 Å². The minimum Gasteiger partial charge on any atom is -0.468 e. The maximum Gasteiger partial charge on any atom is 0.254 e. The Kier molecular flexibility index (Phi) is 4.45. The number of hydrogen-bond donors (Lipinski definition) is 3. The second-order valence-corrected chi connectivity index (χ2v) is 5.75. The minimum absolute atomic E-state index is 0.291. The summed E-state index contributed by atoms with van der Waals surface area (Å²) in [7, 11) is 0. The molecule has 0 aliphatic carbocycles. The number of nitrogens with zero attached hydrogens (tertiary/aromatic N) is 1. The third kappa shape index (κ3) is 2.94. The number of nitriles is 1. The highest BCUT2D eigenvalue weighted by atomic mass is 32.1. The summed E-state index contributed by atoms with van der Waals surface area (Å²) in [4.78, 5) is 12.8. The van der Waals surface area contributed by atoms with Crippen LogP contribution in [0.1, 0.15) is 18.6 Å². The molecule has 120 valence electrons. The number of para-hydroxylation sites is 1. The second kappa shape index (κ2) is 6.69. The van der Waals surface area contributed by atoms with E-state index in [1.807, 2.05) is 18.2 Å². The van der Waals surface area contributed by atoms with Crippen molar-refractivity contribution in [1.82, 2.24) is 5.32 Å². The quantitative estimate of drug-likeness (QED) is 0.749. The normalized spacial score (nSPS) is 17.3. The predicted octanol–water partition coefficient (Wildman–Crippen LogP) is 3.54. The molecule has 0 fully saturated rings. The Morgan fingerprint density at radius 1 is 1.29 bits per heavy atom. The summed E-state index contributed by atoms with van der Waals surface area (Å²) < 4.78 is 5.47. The van der Waals surface area contributed by atoms with Crippen molar-refractivity contribution in [3.05, 3.63) is 76.4 Å². The lowest BCUT2D eigenvalue weighted by Gasteiger charge is -2.26. The highest BCUT2D eigenvalue weighted by molar-refractivity contribution is 7.84. The number of carbonyl (C=O) groups is 1. The van der Waals surface area contributed by atoms with Crippen LogP contribution in [-0.4, -0.2) is 5.91 Å². The zero-order chi connectivity index (χ0) is 17.1. The molecule has 2 N–H and O–H groups in total. The zero-order valence-corrected chi connectivity index (χ0v) is 13.8. The number of carbonyl (C=O) groups excluding carboxylic acids is 1. The third-order valence-electron chi connectivity index (χ3n) is 3.77. The Morgan fingerprint density at radius 2 is 2.04 bits per heavy atom. The molecule has 0 unspecified atom stereocenters. The summed E-state index contributed by atoms with van der Waals surface area (Å²) >= 11 is 4.33. The molecule has 3 rings (SSSR count). The van der Waals surface area contributed by atoms with Gasteiger partial charge in [-0.25, -0.2) is 0 Å². The molecule has 1 aromatic carbocycles. The molecule has 2 aromatic rings. The van der Waals surface area contributed by atoms with Gasteiger partial charge in [0.15, 0.2) is 0 Å². The van der Waals surface area contributed by atoms with Crippen molar-refractivity contribution in [2.24, 2.45) is 0 Å². The molecule has 5 nitrogen and oxygen atoms in total. The first kappa shape index (κ1) is 16.0. The number of hydrogen-bond acceptors (Lipinski definition) is 5. The zero-order valence-electron chi connectivity index (χ0n) is 12.9. The van der Waals surface area contributed by atoms with Crippen molar-refractivity contribution in [3.63, 3.8) is 0 Å². The van der Waals surface area contributed by atoms with Crippen LogP contribution >= 0.6 is 12.6 Å². The summed E-state index contributed by atoms with van der Waals surface area (Å²) in [6, 6.07) is 14.8. The van der Waals surface area contributed by atoms with E-state index in [1.54, 1.807) is 31.2 Å². The number of rotatable bonds is 3. The highest BCUT2D eigenvalue weighted by Crippen LogP contribution is 2.39. The van der Waals surface area contributed by atoms with Gasteiger partial charge >= 0.3 is 0 Å². The van der Waals surface area contributed by atoms with Gasteiger partial charge in [0.25, 0.3) is 5.91 Å². The SMILES string of the molecule is CC1=C(C(=O)Nc2ccccc2)[C@@H](c2ccco2)C(C#N)=C(S)N1. The number of nitrogens with one attached hydrogen (secondary N) is 2. The van der Waals surface area contributed by atoms with Crippen LogP contribution in [0.2, 0.25) is 0 Å².